The monoisotopic (exact) mass is 638 g/mol. The smallest absolute Gasteiger partial charge is 0.328 e. The fraction of sp³-hybridized carbons (Fsp3) is 0.568. The summed E-state index contributed by atoms with van der Waals surface area (Å²) in [5, 5.41) is 2.75. The molecule has 0 spiro atoms. The van der Waals surface area contributed by atoms with Gasteiger partial charge in [-0.05, 0) is 55.5 Å². The van der Waals surface area contributed by atoms with Gasteiger partial charge < -0.3 is 25.3 Å². The first-order chi connectivity index (χ1) is 22.3. The van der Waals surface area contributed by atoms with Gasteiger partial charge in [-0.3, -0.25) is 14.4 Å². The number of methoxy groups -OCH3 is 1. The van der Waals surface area contributed by atoms with Crippen LogP contribution >= 0.6 is 0 Å². The fourth-order valence-electron chi connectivity index (χ4n) is 5.20. The molecule has 2 rings (SSSR count). The van der Waals surface area contributed by atoms with Gasteiger partial charge in [0.2, 0.25) is 5.91 Å². The summed E-state index contributed by atoms with van der Waals surface area (Å²) in [5.41, 5.74) is 6.70. The fourth-order valence-corrected chi connectivity index (χ4v) is 5.20. The van der Waals surface area contributed by atoms with Gasteiger partial charge in [-0.25, -0.2) is 4.79 Å². The van der Waals surface area contributed by atoms with Crippen molar-refractivity contribution in [2.24, 2.45) is 5.73 Å². The minimum Gasteiger partial charge on any atom is -0.497 e. The predicted octanol–water partition coefficient (Wildman–Crippen LogP) is 7.20. The van der Waals surface area contributed by atoms with Crippen LogP contribution in [0.3, 0.4) is 0 Å². The molecule has 9 heteroatoms. The number of hydrogen-bond donors (Lipinski definition) is 2. The molecule has 3 N–H and O–H groups in total. The number of carbonyl (C=O) groups is 4. The Labute approximate surface area is 274 Å². The second-order valence-corrected chi connectivity index (χ2v) is 11.8. The highest BCUT2D eigenvalue weighted by Crippen LogP contribution is 2.17. The minimum absolute atomic E-state index is 0.0679. The van der Waals surface area contributed by atoms with Crippen LogP contribution in [0.5, 0.6) is 5.75 Å². The molecule has 0 radical (unpaired) electrons. The summed E-state index contributed by atoms with van der Waals surface area (Å²) in [6.07, 6.45) is 13.3. The molecular weight excluding hydrogens is 584 g/mol. The van der Waals surface area contributed by atoms with Gasteiger partial charge in [-0.15, -0.1) is 0 Å². The highest BCUT2D eigenvalue weighted by Gasteiger charge is 2.27. The van der Waals surface area contributed by atoms with Crippen molar-refractivity contribution in [3.63, 3.8) is 0 Å². The Kier molecular flexibility index (Phi) is 19.5. The lowest BCUT2D eigenvalue weighted by atomic mass is 10.0. The van der Waals surface area contributed by atoms with Gasteiger partial charge in [0.1, 0.15) is 24.5 Å². The molecule has 46 heavy (non-hydrogen) atoms. The summed E-state index contributed by atoms with van der Waals surface area (Å²) in [7, 11) is 1.53. The van der Waals surface area contributed by atoms with Crippen molar-refractivity contribution in [1.82, 2.24) is 5.32 Å². The van der Waals surface area contributed by atoms with Gasteiger partial charge in [0.15, 0.2) is 0 Å². The number of carbonyl (C=O) groups excluding carboxylic acids is 4. The van der Waals surface area contributed by atoms with Crippen molar-refractivity contribution < 1.29 is 33.4 Å². The lowest BCUT2D eigenvalue weighted by Gasteiger charge is -2.22. The zero-order valence-corrected chi connectivity index (χ0v) is 27.8. The summed E-state index contributed by atoms with van der Waals surface area (Å²) in [4.78, 5) is 50.6. The van der Waals surface area contributed by atoms with E-state index in [1.165, 1.54) is 58.5 Å². The lowest BCUT2D eigenvalue weighted by molar-refractivity contribution is -0.153. The third-order valence-electron chi connectivity index (χ3n) is 7.90. The molecular formula is C37H54N2O7. The number of rotatable bonds is 25. The third-order valence-corrected chi connectivity index (χ3v) is 7.90. The van der Waals surface area contributed by atoms with E-state index in [1.807, 2.05) is 30.3 Å². The zero-order chi connectivity index (χ0) is 33.4. The van der Waals surface area contributed by atoms with Crippen LogP contribution in [-0.2, 0) is 30.5 Å². The number of ether oxygens (including phenoxy) is 3. The molecule has 254 valence electrons. The van der Waals surface area contributed by atoms with Crippen molar-refractivity contribution in [3.05, 3.63) is 65.7 Å². The molecule has 2 aromatic rings. The van der Waals surface area contributed by atoms with E-state index in [0.29, 0.717) is 17.7 Å². The van der Waals surface area contributed by atoms with Crippen molar-refractivity contribution in [2.45, 2.75) is 128 Å². The SMILES string of the molecule is CCCCCCCCCCCCC[C@@H](CC(N)=O)OC(=O)[C@H](CCCC(=O)OCc1ccccc1)NC(=O)c1ccc(OC)cc1. The molecule has 9 nitrogen and oxygen atoms in total. The standard InChI is InChI=1S/C37H54N2O7/c1-3-4-5-6-7-8-9-10-11-12-16-20-32(27-34(38)40)46-37(43)33(39-36(42)30-23-25-31(44-2)26-24-30)21-17-22-35(41)45-28-29-18-14-13-15-19-29/h13-15,18-19,23-26,32-33H,3-12,16-17,20-22,27-28H2,1-2H3,(H2,38,40)(H,39,42)/t32-,33-/m0/s1. The van der Waals surface area contributed by atoms with Crippen LogP contribution in [0.15, 0.2) is 54.6 Å². The van der Waals surface area contributed by atoms with Crippen molar-refractivity contribution in [1.29, 1.82) is 0 Å². The van der Waals surface area contributed by atoms with E-state index < -0.39 is 35.9 Å². The van der Waals surface area contributed by atoms with Crippen molar-refractivity contribution in [2.75, 3.05) is 7.11 Å². The number of esters is 2. The van der Waals surface area contributed by atoms with Gasteiger partial charge in [0, 0.05) is 12.0 Å². The van der Waals surface area contributed by atoms with E-state index in [4.69, 9.17) is 19.9 Å². The Hall–Kier alpha value is -3.88. The van der Waals surface area contributed by atoms with Crippen molar-refractivity contribution >= 4 is 23.8 Å². The van der Waals surface area contributed by atoms with E-state index in [1.54, 1.807) is 24.3 Å². The van der Waals surface area contributed by atoms with Crippen LogP contribution in [0.25, 0.3) is 0 Å². The van der Waals surface area contributed by atoms with E-state index in [-0.39, 0.29) is 32.3 Å². The minimum atomic E-state index is -1.02. The Morgan fingerprint density at radius 2 is 1.37 bits per heavy atom. The summed E-state index contributed by atoms with van der Waals surface area (Å²) in [6.45, 7) is 2.39. The van der Waals surface area contributed by atoms with Crippen LogP contribution in [0.2, 0.25) is 0 Å². The Balaban J connectivity index is 1.90. The quantitative estimate of drug-likeness (QED) is 0.0868. The molecule has 0 saturated heterocycles. The Bertz CT molecular complexity index is 1150. The number of hydrogen-bond acceptors (Lipinski definition) is 7. The lowest BCUT2D eigenvalue weighted by Crippen LogP contribution is -2.43. The average Bonchev–Trinajstić information content (AvgIpc) is 3.05. The number of amides is 2. The van der Waals surface area contributed by atoms with Gasteiger partial charge in [0.25, 0.3) is 5.91 Å². The molecule has 0 bridgehead atoms. The summed E-state index contributed by atoms with van der Waals surface area (Å²) >= 11 is 0. The number of nitrogens with two attached hydrogens (primary N) is 1. The number of benzene rings is 2. The largest absolute Gasteiger partial charge is 0.497 e. The number of nitrogens with one attached hydrogen (secondary N) is 1. The predicted molar refractivity (Wildman–Crippen MR) is 179 cm³/mol. The van der Waals surface area contributed by atoms with E-state index in [9.17, 15) is 19.2 Å². The second-order valence-electron chi connectivity index (χ2n) is 11.8. The first-order valence-corrected chi connectivity index (χ1v) is 17.0. The normalized spacial score (nSPS) is 12.1. The molecule has 0 heterocycles. The van der Waals surface area contributed by atoms with Crippen LogP contribution in [-0.4, -0.2) is 43.0 Å². The molecule has 2 aromatic carbocycles. The van der Waals surface area contributed by atoms with E-state index in [2.05, 4.69) is 12.2 Å². The maximum atomic E-state index is 13.4. The van der Waals surface area contributed by atoms with Gasteiger partial charge in [-0.2, -0.15) is 0 Å². The van der Waals surface area contributed by atoms with Crippen LogP contribution < -0.4 is 15.8 Å². The first-order valence-electron chi connectivity index (χ1n) is 17.0. The maximum absolute atomic E-state index is 13.4. The van der Waals surface area contributed by atoms with Crippen LogP contribution in [0.1, 0.15) is 126 Å². The van der Waals surface area contributed by atoms with Gasteiger partial charge >= 0.3 is 11.9 Å². The molecule has 0 aliphatic heterocycles. The van der Waals surface area contributed by atoms with Gasteiger partial charge in [-0.1, -0.05) is 101 Å². The highest BCUT2D eigenvalue weighted by molar-refractivity contribution is 5.97. The van der Waals surface area contributed by atoms with Crippen LogP contribution in [0.4, 0.5) is 0 Å². The maximum Gasteiger partial charge on any atom is 0.328 e. The molecule has 0 aromatic heterocycles. The summed E-state index contributed by atoms with van der Waals surface area (Å²) in [5.74, 6) is -1.48. The zero-order valence-electron chi connectivity index (χ0n) is 27.8. The molecule has 0 aliphatic carbocycles. The first kappa shape index (κ1) is 38.3. The molecule has 2 amide bonds. The van der Waals surface area contributed by atoms with Gasteiger partial charge in [0.05, 0.1) is 13.5 Å². The Morgan fingerprint density at radius 1 is 0.761 bits per heavy atom. The molecule has 0 unspecified atom stereocenters. The average molecular weight is 639 g/mol. The second kappa shape index (κ2) is 23.5. The Morgan fingerprint density at radius 3 is 1.96 bits per heavy atom. The molecule has 0 aliphatic rings. The topological polar surface area (TPSA) is 134 Å². The summed E-state index contributed by atoms with van der Waals surface area (Å²) in [6, 6.07) is 14.8. The number of primary amides is 1. The molecule has 0 fully saturated rings. The van der Waals surface area contributed by atoms with E-state index in [0.717, 1.165) is 24.8 Å². The molecule has 0 saturated carbocycles. The number of unbranched alkanes of at least 4 members (excludes halogenated alkanes) is 10. The van der Waals surface area contributed by atoms with Crippen LogP contribution in [0, 0.1) is 0 Å². The van der Waals surface area contributed by atoms with E-state index >= 15 is 0 Å². The van der Waals surface area contributed by atoms with Crippen molar-refractivity contribution in [3.8, 4) is 5.75 Å². The molecule has 2 atom stereocenters. The highest BCUT2D eigenvalue weighted by atomic mass is 16.5. The summed E-state index contributed by atoms with van der Waals surface area (Å²) < 4.78 is 16.3. The third kappa shape index (κ3) is 17.0.